The standard InChI is InChI=1S/C20H23N3O4/c1-12-6-8-13(9-7-12)18-17-15(11-27-19(17)25)23(20(26)22-18)10-16(24)21-14-4-2-3-5-14/h6-9,14,18H,2-5,10-11H2,1H3,(H,21,24)(H,22,26)/t18-/m0/s1. The van der Waals surface area contributed by atoms with Gasteiger partial charge in [0.25, 0.3) is 0 Å². The van der Waals surface area contributed by atoms with E-state index >= 15 is 0 Å². The fourth-order valence-electron chi connectivity index (χ4n) is 3.97. The van der Waals surface area contributed by atoms with E-state index in [1.54, 1.807) is 0 Å². The summed E-state index contributed by atoms with van der Waals surface area (Å²) >= 11 is 0. The number of hydrogen-bond acceptors (Lipinski definition) is 4. The summed E-state index contributed by atoms with van der Waals surface area (Å²) in [4.78, 5) is 38.7. The van der Waals surface area contributed by atoms with Gasteiger partial charge in [-0.25, -0.2) is 9.59 Å². The molecule has 0 unspecified atom stereocenters. The van der Waals surface area contributed by atoms with Crippen molar-refractivity contribution < 1.29 is 19.1 Å². The molecule has 2 aliphatic heterocycles. The van der Waals surface area contributed by atoms with Crippen molar-refractivity contribution in [2.45, 2.75) is 44.7 Å². The molecule has 7 nitrogen and oxygen atoms in total. The molecule has 2 N–H and O–H groups in total. The first-order valence-corrected chi connectivity index (χ1v) is 9.37. The second-order valence-corrected chi connectivity index (χ2v) is 7.36. The Morgan fingerprint density at radius 3 is 2.63 bits per heavy atom. The lowest BCUT2D eigenvalue weighted by Gasteiger charge is -2.32. The largest absolute Gasteiger partial charge is 0.456 e. The monoisotopic (exact) mass is 369 g/mol. The molecule has 1 aromatic rings. The van der Waals surface area contributed by atoms with Gasteiger partial charge in [0.15, 0.2) is 0 Å². The van der Waals surface area contributed by atoms with Crippen LogP contribution in [-0.2, 0) is 14.3 Å². The summed E-state index contributed by atoms with van der Waals surface area (Å²) in [6.45, 7) is 1.88. The molecule has 1 fully saturated rings. The number of hydrogen-bond donors (Lipinski definition) is 2. The third-order valence-corrected chi connectivity index (χ3v) is 5.43. The third-order valence-electron chi connectivity index (χ3n) is 5.43. The van der Waals surface area contributed by atoms with Gasteiger partial charge in [-0.15, -0.1) is 0 Å². The molecule has 27 heavy (non-hydrogen) atoms. The Kier molecular flexibility index (Phi) is 4.59. The predicted octanol–water partition coefficient (Wildman–Crippen LogP) is 1.93. The van der Waals surface area contributed by atoms with Crippen molar-refractivity contribution in [2.24, 2.45) is 0 Å². The van der Waals surface area contributed by atoms with Crippen molar-refractivity contribution in [1.29, 1.82) is 0 Å². The highest BCUT2D eigenvalue weighted by Gasteiger charge is 2.42. The highest BCUT2D eigenvalue weighted by molar-refractivity contribution is 5.98. The van der Waals surface area contributed by atoms with Gasteiger partial charge >= 0.3 is 12.0 Å². The minimum Gasteiger partial charge on any atom is -0.456 e. The molecule has 7 heteroatoms. The van der Waals surface area contributed by atoms with E-state index in [2.05, 4.69) is 10.6 Å². The van der Waals surface area contributed by atoms with Crippen LogP contribution in [0.3, 0.4) is 0 Å². The van der Waals surface area contributed by atoms with Crippen LogP contribution in [0.4, 0.5) is 4.79 Å². The van der Waals surface area contributed by atoms with Gasteiger partial charge in [0.1, 0.15) is 13.2 Å². The zero-order chi connectivity index (χ0) is 19.0. The van der Waals surface area contributed by atoms with Crippen LogP contribution >= 0.6 is 0 Å². The lowest BCUT2D eigenvalue weighted by Crippen LogP contribution is -2.51. The molecule has 3 amide bonds. The number of aryl methyl sites for hydroxylation is 1. The molecule has 1 saturated carbocycles. The van der Waals surface area contributed by atoms with Gasteiger partial charge in [-0.3, -0.25) is 9.69 Å². The van der Waals surface area contributed by atoms with Gasteiger partial charge in [0.05, 0.1) is 17.3 Å². The van der Waals surface area contributed by atoms with Crippen LogP contribution in [0.25, 0.3) is 0 Å². The fraction of sp³-hybridized carbons (Fsp3) is 0.450. The summed E-state index contributed by atoms with van der Waals surface area (Å²) < 4.78 is 5.19. The van der Waals surface area contributed by atoms with Crippen LogP contribution < -0.4 is 10.6 Å². The number of esters is 1. The number of carbonyl (C=O) groups is 3. The molecule has 1 atom stereocenters. The zero-order valence-corrected chi connectivity index (χ0v) is 15.3. The number of nitrogens with one attached hydrogen (secondary N) is 2. The first-order chi connectivity index (χ1) is 13.0. The average Bonchev–Trinajstić information content (AvgIpc) is 3.28. The Morgan fingerprint density at radius 2 is 1.93 bits per heavy atom. The number of benzene rings is 1. The second kappa shape index (κ2) is 7.06. The molecule has 0 aromatic heterocycles. The summed E-state index contributed by atoms with van der Waals surface area (Å²) in [5, 5.41) is 5.83. The van der Waals surface area contributed by atoms with Gasteiger partial charge in [0, 0.05) is 6.04 Å². The van der Waals surface area contributed by atoms with Gasteiger partial charge in [-0.2, -0.15) is 0 Å². The molecule has 2 heterocycles. The molecule has 0 radical (unpaired) electrons. The van der Waals surface area contributed by atoms with Crippen molar-refractivity contribution in [2.75, 3.05) is 13.2 Å². The molecule has 1 aliphatic carbocycles. The number of nitrogens with zero attached hydrogens (tertiary/aromatic N) is 1. The molecule has 0 bridgehead atoms. The Labute approximate surface area is 157 Å². The first kappa shape index (κ1) is 17.6. The number of urea groups is 1. The molecule has 0 spiro atoms. The maximum absolute atomic E-state index is 12.7. The summed E-state index contributed by atoms with van der Waals surface area (Å²) in [6, 6.07) is 6.88. The molecule has 0 saturated heterocycles. The van der Waals surface area contributed by atoms with E-state index in [9.17, 15) is 14.4 Å². The maximum Gasteiger partial charge on any atom is 0.338 e. The maximum atomic E-state index is 12.7. The molecule has 3 aliphatic rings. The molecule has 4 rings (SSSR count). The molecular formula is C20H23N3O4. The number of carbonyl (C=O) groups excluding carboxylic acids is 3. The minimum atomic E-state index is -0.558. The Hall–Kier alpha value is -2.83. The number of ether oxygens (including phenoxy) is 1. The van der Waals surface area contributed by atoms with E-state index in [1.807, 2.05) is 31.2 Å². The van der Waals surface area contributed by atoms with Crippen molar-refractivity contribution in [1.82, 2.24) is 15.5 Å². The second-order valence-electron chi connectivity index (χ2n) is 7.36. The highest BCUT2D eigenvalue weighted by Crippen LogP contribution is 2.35. The summed E-state index contributed by atoms with van der Waals surface area (Å²) in [6.07, 6.45) is 4.18. The highest BCUT2D eigenvalue weighted by atomic mass is 16.5. The van der Waals surface area contributed by atoms with E-state index in [1.165, 1.54) is 4.90 Å². The lowest BCUT2D eigenvalue weighted by molar-refractivity contribution is -0.136. The Balaban J connectivity index is 1.57. The number of amides is 3. The Bertz CT molecular complexity index is 809. The lowest BCUT2D eigenvalue weighted by atomic mass is 9.95. The summed E-state index contributed by atoms with van der Waals surface area (Å²) in [5.74, 6) is -0.659. The van der Waals surface area contributed by atoms with Crippen molar-refractivity contribution in [3.8, 4) is 0 Å². The van der Waals surface area contributed by atoms with Crippen molar-refractivity contribution in [3.05, 3.63) is 46.7 Å². The van der Waals surface area contributed by atoms with Crippen LogP contribution in [0.1, 0.15) is 42.9 Å². The molecule has 1 aromatic carbocycles. The van der Waals surface area contributed by atoms with E-state index in [-0.39, 0.29) is 31.1 Å². The molecular weight excluding hydrogens is 346 g/mol. The van der Waals surface area contributed by atoms with Crippen molar-refractivity contribution in [3.63, 3.8) is 0 Å². The van der Waals surface area contributed by atoms with Crippen LogP contribution in [0.5, 0.6) is 0 Å². The van der Waals surface area contributed by atoms with E-state index in [0.717, 1.165) is 36.8 Å². The normalized spacial score (nSPS) is 22.6. The topological polar surface area (TPSA) is 87.7 Å². The van der Waals surface area contributed by atoms with E-state index in [4.69, 9.17) is 4.74 Å². The third kappa shape index (κ3) is 3.41. The predicted molar refractivity (Wildman–Crippen MR) is 97.5 cm³/mol. The minimum absolute atomic E-state index is 0.0145. The smallest absolute Gasteiger partial charge is 0.338 e. The summed E-state index contributed by atoms with van der Waals surface area (Å²) in [7, 11) is 0. The van der Waals surface area contributed by atoms with Crippen molar-refractivity contribution >= 4 is 17.9 Å². The van der Waals surface area contributed by atoms with Gasteiger partial charge in [-0.05, 0) is 25.3 Å². The Morgan fingerprint density at radius 1 is 1.22 bits per heavy atom. The summed E-state index contributed by atoms with van der Waals surface area (Å²) in [5.41, 5.74) is 2.80. The SMILES string of the molecule is Cc1ccc([C@@H]2NC(=O)N(CC(=O)NC3CCCC3)C3=C2C(=O)OC3)cc1. The first-order valence-electron chi connectivity index (χ1n) is 9.37. The number of rotatable bonds is 4. The van der Waals surface area contributed by atoms with Gasteiger partial charge < -0.3 is 15.4 Å². The fourth-order valence-corrected chi connectivity index (χ4v) is 3.97. The van der Waals surface area contributed by atoms with Crippen LogP contribution in [0, 0.1) is 6.92 Å². The van der Waals surface area contributed by atoms with Crippen LogP contribution in [0.2, 0.25) is 0 Å². The average molecular weight is 369 g/mol. The van der Waals surface area contributed by atoms with Gasteiger partial charge in [0.2, 0.25) is 5.91 Å². The molecule has 142 valence electrons. The van der Waals surface area contributed by atoms with Gasteiger partial charge in [-0.1, -0.05) is 42.7 Å². The van der Waals surface area contributed by atoms with Crippen LogP contribution in [0.15, 0.2) is 35.5 Å². The van der Waals surface area contributed by atoms with Crippen LogP contribution in [-0.4, -0.2) is 42.0 Å². The van der Waals surface area contributed by atoms with E-state index < -0.39 is 12.0 Å². The quantitative estimate of drug-likeness (QED) is 0.794. The van der Waals surface area contributed by atoms with E-state index in [0.29, 0.717) is 11.3 Å². The zero-order valence-electron chi connectivity index (χ0n) is 15.3. The number of cyclic esters (lactones) is 1.